The Labute approximate surface area is 147 Å². The summed E-state index contributed by atoms with van der Waals surface area (Å²) in [6.45, 7) is 6.58. The summed E-state index contributed by atoms with van der Waals surface area (Å²) < 4.78 is 5.35. The van der Waals surface area contributed by atoms with Gasteiger partial charge in [-0.3, -0.25) is 4.79 Å². The summed E-state index contributed by atoms with van der Waals surface area (Å²) in [5, 5.41) is 4.08. The summed E-state index contributed by atoms with van der Waals surface area (Å²) in [7, 11) is 1.85. The molecule has 2 aromatic carbocycles. The van der Waals surface area contributed by atoms with Crippen LogP contribution in [-0.2, 0) is 6.54 Å². The van der Waals surface area contributed by atoms with Gasteiger partial charge in [-0.1, -0.05) is 29.4 Å². The number of carbonyl (C=O) groups is 1. The number of amides is 1. The molecule has 0 bridgehead atoms. The van der Waals surface area contributed by atoms with Crippen molar-refractivity contribution in [2.24, 2.45) is 0 Å². The molecule has 0 fully saturated rings. The van der Waals surface area contributed by atoms with Gasteiger partial charge in [0.2, 0.25) is 0 Å². The number of rotatable bonds is 2. The molecule has 0 spiro atoms. The molecule has 25 heavy (non-hydrogen) atoms. The second kappa shape index (κ2) is 5.59. The molecule has 0 atom stereocenters. The fraction of sp³-hybridized carbons (Fsp3) is 0.238. The molecule has 4 nitrogen and oxygen atoms in total. The Balaban J connectivity index is 2.03. The maximum absolute atomic E-state index is 12.7. The van der Waals surface area contributed by atoms with Crippen LogP contribution in [0, 0.1) is 20.8 Å². The maximum atomic E-state index is 12.7. The van der Waals surface area contributed by atoms with E-state index in [2.05, 4.69) is 36.3 Å². The third-order valence-corrected chi connectivity index (χ3v) is 4.95. The molecular formula is C21H20N2O2. The predicted octanol–water partition coefficient (Wildman–Crippen LogP) is 4.52. The van der Waals surface area contributed by atoms with E-state index in [0.29, 0.717) is 6.54 Å². The minimum Gasteiger partial charge on any atom is -0.361 e. The monoisotopic (exact) mass is 332 g/mol. The Hall–Kier alpha value is -2.88. The van der Waals surface area contributed by atoms with Crippen molar-refractivity contribution in [3.05, 3.63) is 64.5 Å². The standard InChI is InChI=1S/C21H20N2O2/c1-12-7-5-6-8-17(12)18-10-15(19-13(2)22-25-14(19)3)9-16-11-23(4)21(24)20(16)18/h5-10H,11H2,1-4H3. The first-order valence-electron chi connectivity index (χ1n) is 8.39. The average Bonchev–Trinajstić information content (AvgIpc) is 3.06. The van der Waals surface area contributed by atoms with E-state index in [1.807, 2.05) is 33.0 Å². The largest absolute Gasteiger partial charge is 0.361 e. The number of carbonyl (C=O) groups excluding carboxylic acids is 1. The Morgan fingerprint density at radius 1 is 1.04 bits per heavy atom. The van der Waals surface area contributed by atoms with Crippen molar-refractivity contribution < 1.29 is 9.32 Å². The zero-order chi connectivity index (χ0) is 17.7. The lowest BCUT2D eigenvalue weighted by molar-refractivity contribution is 0.0817. The highest BCUT2D eigenvalue weighted by molar-refractivity contribution is 6.05. The first kappa shape index (κ1) is 15.6. The van der Waals surface area contributed by atoms with Gasteiger partial charge in [-0.05, 0) is 60.7 Å². The van der Waals surface area contributed by atoms with E-state index in [9.17, 15) is 4.79 Å². The SMILES string of the molecule is Cc1ccccc1-c1cc(-c2c(C)noc2C)cc2c1C(=O)N(C)C2. The number of fused-ring (bicyclic) bond motifs is 1. The van der Waals surface area contributed by atoms with Crippen LogP contribution in [0.3, 0.4) is 0 Å². The van der Waals surface area contributed by atoms with Crippen LogP contribution in [0.2, 0.25) is 0 Å². The highest BCUT2D eigenvalue weighted by atomic mass is 16.5. The Bertz CT molecular complexity index is 982. The number of hydrogen-bond acceptors (Lipinski definition) is 3. The minimum absolute atomic E-state index is 0.0820. The summed E-state index contributed by atoms with van der Waals surface area (Å²) >= 11 is 0. The summed E-state index contributed by atoms with van der Waals surface area (Å²) in [5.41, 5.74) is 8.04. The quantitative estimate of drug-likeness (QED) is 0.693. The van der Waals surface area contributed by atoms with Gasteiger partial charge >= 0.3 is 0 Å². The predicted molar refractivity (Wildman–Crippen MR) is 97.4 cm³/mol. The molecule has 1 aliphatic rings. The van der Waals surface area contributed by atoms with Gasteiger partial charge in [0.25, 0.3) is 5.91 Å². The molecule has 0 N–H and O–H groups in total. The lowest BCUT2D eigenvalue weighted by Crippen LogP contribution is -2.18. The molecule has 1 aromatic heterocycles. The minimum atomic E-state index is 0.0820. The fourth-order valence-electron chi connectivity index (χ4n) is 3.72. The lowest BCUT2D eigenvalue weighted by atomic mass is 9.89. The summed E-state index contributed by atoms with van der Waals surface area (Å²) in [6, 6.07) is 12.4. The Morgan fingerprint density at radius 2 is 1.80 bits per heavy atom. The number of aromatic nitrogens is 1. The summed E-state index contributed by atoms with van der Waals surface area (Å²) in [6.07, 6.45) is 0. The van der Waals surface area contributed by atoms with E-state index in [1.165, 1.54) is 0 Å². The molecule has 126 valence electrons. The molecule has 0 radical (unpaired) electrons. The molecule has 0 saturated heterocycles. The molecule has 3 aromatic rings. The van der Waals surface area contributed by atoms with E-state index in [-0.39, 0.29) is 5.91 Å². The zero-order valence-electron chi connectivity index (χ0n) is 14.9. The third kappa shape index (κ3) is 2.37. The van der Waals surface area contributed by atoms with E-state index in [4.69, 9.17) is 4.52 Å². The highest BCUT2D eigenvalue weighted by Gasteiger charge is 2.29. The molecule has 4 heteroatoms. The van der Waals surface area contributed by atoms with Crippen molar-refractivity contribution >= 4 is 5.91 Å². The van der Waals surface area contributed by atoms with Gasteiger partial charge < -0.3 is 9.42 Å². The number of aryl methyl sites for hydroxylation is 3. The molecular weight excluding hydrogens is 312 g/mol. The van der Waals surface area contributed by atoms with Crippen LogP contribution >= 0.6 is 0 Å². The third-order valence-electron chi connectivity index (χ3n) is 4.95. The molecule has 1 aliphatic heterocycles. The van der Waals surface area contributed by atoms with Crippen molar-refractivity contribution in [1.29, 1.82) is 0 Å². The first-order valence-corrected chi connectivity index (χ1v) is 8.39. The first-order chi connectivity index (χ1) is 12.0. The van der Waals surface area contributed by atoms with Crippen LogP contribution < -0.4 is 0 Å². The van der Waals surface area contributed by atoms with Gasteiger partial charge in [-0.2, -0.15) is 0 Å². The average molecular weight is 332 g/mol. The van der Waals surface area contributed by atoms with Crippen molar-refractivity contribution in [2.75, 3.05) is 7.05 Å². The second-order valence-corrected chi connectivity index (χ2v) is 6.73. The van der Waals surface area contributed by atoms with Gasteiger partial charge in [-0.15, -0.1) is 0 Å². The normalized spacial score (nSPS) is 13.4. The Kier molecular flexibility index (Phi) is 3.49. The van der Waals surface area contributed by atoms with E-state index in [0.717, 1.165) is 50.4 Å². The van der Waals surface area contributed by atoms with Crippen LogP contribution in [0.25, 0.3) is 22.3 Å². The second-order valence-electron chi connectivity index (χ2n) is 6.73. The summed E-state index contributed by atoms with van der Waals surface area (Å²) in [5.74, 6) is 0.879. The van der Waals surface area contributed by atoms with E-state index >= 15 is 0 Å². The van der Waals surface area contributed by atoms with Crippen molar-refractivity contribution in [1.82, 2.24) is 10.1 Å². The van der Waals surface area contributed by atoms with Gasteiger partial charge in [0.1, 0.15) is 5.76 Å². The van der Waals surface area contributed by atoms with Crippen LogP contribution in [0.15, 0.2) is 40.9 Å². The van der Waals surface area contributed by atoms with Crippen molar-refractivity contribution in [2.45, 2.75) is 27.3 Å². The maximum Gasteiger partial charge on any atom is 0.254 e. The van der Waals surface area contributed by atoms with Gasteiger partial charge in [0, 0.05) is 19.2 Å². The van der Waals surface area contributed by atoms with E-state index in [1.54, 1.807) is 4.90 Å². The van der Waals surface area contributed by atoms with Crippen LogP contribution in [0.4, 0.5) is 0 Å². The van der Waals surface area contributed by atoms with Crippen molar-refractivity contribution in [3.63, 3.8) is 0 Å². The molecule has 2 heterocycles. The van der Waals surface area contributed by atoms with Gasteiger partial charge in [0.15, 0.2) is 0 Å². The topological polar surface area (TPSA) is 46.3 Å². The van der Waals surface area contributed by atoms with Crippen LogP contribution in [0.5, 0.6) is 0 Å². The fourth-order valence-corrected chi connectivity index (χ4v) is 3.72. The summed E-state index contributed by atoms with van der Waals surface area (Å²) in [4.78, 5) is 14.5. The molecule has 0 unspecified atom stereocenters. The number of hydrogen-bond donors (Lipinski definition) is 0. The number of nitrogens with zero attached hydrogens (tertiary/aromatic N) is 2. The Morgan fingerprint density at radius 3 is 2.48 bits per heavy atom. The van der Waals surface area contributed by atoms with Gasteiger partial charge in [-0.25, -0.2) is 0 Å². The zero-order valence-corrected chi connectivity index (χ0v) is 14.9. The molecule has 0 saturated carbocycles. The lowest BCUT2D eigenvalue weighted by Gasteiger charge is -2.13. The van der Waals surface area contributed by atoms with Crippen LogP contribution in [0.1, 0.15) is 32.9 Å². The van der Waals surface area contributed by atoms with Gasteiger partial charge in [0.05, 0.1) is 11.3 Å². The van der Waals surface area contributed by atoms with E-state index < -0.39 is 0 Å². The highest BCUT2D eigenvalue weighted by Crippen LogP contribution is 2.39. The molecule has 1 amide bonds. The molecule has 0 aliphatic carbocycles. The smallest absolute Gasteiger partial charge is 0.254 e. The van der Waals surface area contributed by atoms with Crippen LogP contribution in [-0.4, -0.2) is 23.0 Å². The molecule has 4 rings (SSSR count). The van der Waals surface area contributed by atoms with Crippen molar-refractivity contribution in [3.8, 4) is 22.3 Å². The number of benzene rings is 2.